The second-order valence-electron chi connectivity index (χ2n) is 8.27. The molecule has 1 fully saturated rings. The number of carbonyl (C=O) groups excluding carboxylic acids is 1. The summed E-state index contributed by atoms with van der Waals surface area (Å²) in [7, 11) is 0. The maximum Gasteiger partial charge on any atom is 0.273 e. The van der Waals surface area contributed by atoms with Crippen molar-refractivity contribution in [1.82, 2.24) is 9.88 Å². The minimum Gasteiger partial charge on any atom is -0.493 e. The number of nitro groups is 1. The molecule has 3 aromatic rings. The van der Waals surface area contributed by atoms with Gasteiger partial charge in [0.05, 0.1) is 36.2 Å². The van der Waals surface area contributed by atoms with Crippen LogP contribution in [0.3, 0.4) is 0 Å². The fourth-order valence-electron chi connectivity index (χ4n) is 4.44. The van der Waals surface area contributed by atoms with Crippen molar-refractivity contribution in [1.29, 1.82) is 0 Å². The van der Waals surface area contributed by atoms with E-state index in [1.807, 2.05) is 23.1 Å². The molecule has 2 aromatic carbocycles. The first-order chi connectivity index (χ1) is 16.0. The van der Waals surface area contributed by atoms with E-state index in [9.17, 15) is 14.9 Å². The summed E-state index contributed by atoms with van der Waals surface area (Å²) in [5.41, 5.74) is 3.77. The monoisotopic (exact) mass is 445 g/mol. The van der Waals surface area contributed by atoms with E-state index in [2.05, 4.69) is 16.8 Å². The second-order valence-corrected chi connectivity index (χ2v) is 8.27. The number of fused-ring (bicyclic) bond motifs is 2. The summed E-state index contributed by atoms with van der Waals surface area (Å²) in [6.45, 7) is 4.57. The summed E-state index contributed by atoms with van der Waals surface area (Å²) >= 11 is 0. The highest BCUT2D eigenvalue weighted by atomic mass is 16.6. The topological polar surface area (TPSA) is 97.7 Å². The van der Waals surface area contributed by atoms with E-state index >= 15 is 0 Å². The first-order valence-electron chi connectivity index (χ1n) is 10.9. The third kappa shape index (κ3) is 4.03. The van der Waals surface area contributed by atoms with E-state index in [0.717, 1.165) is 22.4 Å². The van der Waals surface area contributed by atoms with Crippen molar-refractivity contribution >= 4 is 22.5 Å². The van der Waals surface area contributed by atoms with Gasteiger partial charge in [-0.15, -0.1) is 0 Å². The molecule has 5 rings (SSSR count). The molecule has 33 heavy (non-hydrogen) atoms. The zero-order valence-electron chi connectivity index (χ0n) is 18.2. The van der Waals surface area contributed by atoms with E-state index < -0.39 is 0 Å². The van der Waals surface area contributed by atoms with Crippen LogP contribution < -0.4 is 4.74 Å². The molecule has 0 saturated carbocycles. The number of nitrogens with zero attached hydrogens (tertiary/aromatic N) is 2. The van der Waals surface area contributed by atoms with Crippen LogP contribution >= 0.6 is 0 Å². The maximum atomic E-state index is 13.2. The summed E-state index contributed by atoms with van der Waals surface area (Å²) < 4.78 is 11.2. The van der Waals surface area contributed by atoms with Gasteiger partial charge >= 0.3 is 0 Å². The van der Waals surface area contributed by atoms with Crippen molar-refractivity contribution in [2.75, 3.05) is 32.9 Å². The number of ether oxygens (including phenoxy) is 2. The molecule has 1 unspecified atom stereocenters. The molecule has 2 aliphatic rings. The van der Waals surface area contributed by atoms with Gasteiger partial charge in [0, 0.05) is 52.9 Å². The van der Waals surface area contributed by atoms with E-state index in [-0.39, 0.29) is 22.4 Å². The van der Waals surface area contributed by atoms with Gasteiger partial charge in [-0.2, -0.15) is 0 Å². The zero-order valence-corrected chi connectivity index (χ0v) is 18.2. The van der Waals surface area contributed by atoms with Gasteiger partial charge < -0.3 is 19.4 Å². The highest BCUT2D eigenvalue weighted by Crippen LogP contribution is 2.36. The molecule has 1 saturated heterocycles. The van der Waals surface area contributed by atoms with Gasteiger partial charge in [0.15, 0.2) is 0 Å². The zero-order chi connectivity index (χ0) is 22.9. The van der Waals surface area contributed by atoms with Gasteiger partial charge in [0.2, 0.25) is 5.91 Å². The summed E-state index contributed by atoms with van der Waals surface area (Å²) in [6, 6.07) is 8.97. The predicted octanol–water partition coefficient (Wildman–Crippen LogP) is 3.51. The summed E-state index contributed by atoms with van der Waals surface area (Å²) in [6.07, 6.45) is 2.39. The molecule has 0 radical (unpaired) electrons. The molecular weight excluding hydrogens is 422 g/mol. The Labute approximate surface area is 190 Å². The van der Waals surface area contributed by atoms with Crippen LogP contribution in [0.4, 0.5) is 5.69 Å². The molecule has 1 N–H and O–H groups in total. The number of aromatic amines is 1. The van der Waals surface area contributed by atoms with Crippen molar-refractivity contribution in [3.8, 4) is 17.6 Å². The number of H-pyrrole nitrogens is 1. The Balaban J connectivity index is 1.46. The highest BCUT2D eigenvalue weighted by Gasteiger charge is 2.32. The lowest BCUT2D eigenvalue weighted by Crippen LogP contribution is -2.44. The minimum atomic E-state index is -0.381. The Bertz CT molecular complexity index is 1310. The third-order valence-corrected chi connectivity index (χ3v) is 6.21. The summed E-state index contributed by atoms with van der Waals surface area (Å²) in [5.74, 6) is 6.84. The lowest BCUT2D eigenvalue weighted by Gasteiger charge is -2.33. The third-order valence-electron chi connectivity index (χ3n) is 6.21. The van der Waals surface area contributed by atoms with Crippen LogP contribution in [0.5, 0.6) is 5.75 Å². The molecule has 0 spiro atoms. The van der Waals surface area contributed by atoms with Gasteiger partial charge in [-0.1, -0.05) is 11.8 Å². The summed E-state index contributed by atoms with van der Waals surface area (Å²) in [5, 5.41) is 12.0. The molecular formula is C25H23N3O5. The molecule has 1 atom stereocenters. The van der Waals surface area contributed by atoms with Crippen LogP contribution in [-0.2, 0) is 9.53 Å². The lowest BCUT2D eigenvalue weighted by molar-refractivity contribution is -0.385. The highest BCUT2D eigenvalue weighted by molar-refractivity contribution is 5.89. The Morgan fingerprint density at radius 3 is 2.79 bits per heavy atom. The quantitative estimate of drug-likeness (QED) is 0.370. The number of nitro benzene ring substituents is 1. The number of amides is 1. The van der Waals surface area contributed by atoms with E-state index in [0.29, 0.717) is 55.8 Å². The standard InChI is InChI=1S/C25H23N3O5/c1-16-12-22-20(14-23(16)28(30)31)18(15-26-22)4-2-17-3-5-24-21(13-17)19(6-9-33-24)25(29)27-7-10-32-11-8-27/h3,5,12-15,19,26H,6-11H2,1H3. The number of aryl methyl sites for hydroxylation is 1. The van der Waals surface area contributed by atoms with Crippen LogP contribution in [0.15, 0.2) is 36.5 Å². The van der Waals surface area contributed by atoms with Crippen LogP contribution in [-0.4, -0.2) is 53.6 Å². The Morgan fingerprint density at radius 2 is 2.00 bits per heavy atom. The largest absolute Gasteiger partial charge is 0.493 e. The SMILES string of the molecule is Cc1cc2[nH]cc(C#Cc3ccc4c(c3)C(C(=O)N3CCOCC3)CCO4)c2cc1[N+](=O)[O-]. The molecule has 168 valence electrons. The van der Waals surface area contributed by atoms with E-state index in [1.165, 1.54) is 0 Å². The van der Waals surface area contributed by atoms with Crippen molar-refractivity contribution in [2.24, 2.45) is 0 Å². The number of hydrogen-bond donors (Lipinski definition) is 1. The fraction of sp³-hybridized carbons (Fsp3) is 0.320. The van der Waals surface area contributed by atoms with Gasteiger partial charge in [0.25, 0.3) is 5.69 Å². The van der Waals surface area contributed by atoms with Crippen molar-refractivity contribution < 1.29 is 19.2 Å². The Hall–Kier alpha value is -3.83. The average molecular weight is 445 g/mol. The van der Waals surface area contributed by atoms with Crippen molar-refractivity contribution in [3.63, 3.8) is 0 Å². The Morgan fingerprint density at radius 1 is 1.18 bits per heavy atom. The van der Waals surface area contributed by atoms with Gasteiger partial charge in [-0.3, -0.25) is 14.9 Å². The lowest BCUT2D eigenvalue weighted by atomic mass is 9.90. The molecule has 8 nitrogen and oxygen atoms in total. The van der Waals surface area contributed by atoms with Crippen LogP contribution in [0, 0.1) is 28.9 Å². The van der Waals surface area contributed by atoms with Crippen LogP contribution in [0.1, 0.15) is 34.6 Å². The van der Waals surface area contributed by atoms with E-state index in [4.69, 9.17) is 9.47 Å². The van der Waals surface area contributed by atoms with Crippen LogP contribution in [0.2, 0.25) is 0 Å². The van der Waals surface area contributed by atoms with Crippen molar-refractivity contribution in [3.05, 3.63) is 68.9 Å². The van der Waals surface area contributed by atoms with Gasteiger partial charge in [0.1, 0.15) is 5.75 Å². The fourth-order valence-corrected chi connectivity index (χ4v) is 4.44. The number of benzene rings is 2. The Kier molecular flexibility index (Phi) is 5.48. The molecule has 1 aromatic heterocycles. The second kappa shape index (κ2) is 8.60. The minimum absolute atomic E-state index is 0.0700. The molecule has 0 bridgehead atoms. The van der Waals surface area contributed by atoms with Gasteiger partial charge in [-0.25, -0.2) is 0 Å². The summed E-state index contributed by atoms with van der Waals surface area (Å²) in [4.78, 5) is 29.1. The molecule has 1 amide bonds. The van der Waals surface area contributed by atoms with Crippen LogP contribution in [0.25, 0.3) is 10.9 Å². The van der Waals surface area contributed by atoms with Gasteiger partial charge in [-0.05, 0) is 37.6 Å². The molecule has 3 heterocycles. The number of morpholine rings is 1. The number of nitrogens with one attached hydrogen (secondary N) is 1. The smallest absolute Gasteiger partial charge is 0.273 e. The predicted molar refractivity (Wildman–Crippen MR) is 122 cm³/mol. The van der Waals surface area contributed by atoms with Crippen molar-refractivity contribution in [2.45, 2.75) is 19.3 Å². The molecule has 0 aliphatic carbocycles. The number of aromatic nitrogens is 1. The molecule has 8 heteroatoms. The first kappa shape index (κ1) is 21.0. The number of rotatable bonds is 2. The number of carbonyl (C=O) groups is 1. The maximum absolute atomic E-state index is 13.2. The molecule has 2 aliphatic heterocycles. The first-order valence-corrected chi connectivity index (χ1v) is 10.9. The average Bonchev–Trinajstić information content (AvgIpc) is 3.23. The van der Waals surface area contributed by atoms with E-state index in [1.54, 1.807) is 25.3 Å². The number of hydrogen-bond acceptors (Lipinski definition) is 5. The normalized spacial score (nSPS) is 17.6.